The van der Waals surface area contributed by atoms with Crippen molar-refractivity contribution >= 4 is 23.4 Å². The molecule has 0 aliphatic heterocycles. The number of para-hydroxylation sites is 2. The number of hydrogen-bond acceptors (Lipinski definition) is 4. The van der Waals surface area contributed by atoms with Gasteiger partial charge in [0.25, 0.3) is 0 Å². The van der Waals surface area contributed by atoms with E-state index in [4.69, 9.17) is 5.73 Å². The first-order valence-corrected chi connectivity index (χ1v) is 7.76. The summed E-state index contributed by atoms with van der Waals surface area (Å²) in [5.41, 5.74) is 7.40. The topological polar surface area (TPSA) is 72.9 Å². The maximum atomic E-state index is 12.1. The van der Waals surface area contributed by atoms with Gasteiger partial charge in [-0.2, -0.15) is 16.9 Å². The molecule has 1 amide bonds. The molecule has 0 saturated carbocycles. The van der Waals surface area contributed by atoms with Crippen LogP contribution in [0.2, 0.25) is 0 Å². The molecule has 6 heteroatoms. The van der Waals surface area contributed by atoms with Gasteiger partial charge in [-0.25, -0.2) is 4.68 Å². The van der Waals surface area contributed by atoms with Crippen LogP contribution in [0.15, 0.2) is 42.7 Å². The predicted molar refractivity (Wildman–Crippen MR) is 83.2 cm³/mol. The lowest BCUT2D eigenvalue weighted by Gasteiger charge is -2.14. The van der Waals surface area contributed by atoms with E-state index in [-0.39, 0.29) is 5.91 Å². The van der Waals surface area contributed by atoms with Gasteiger partial charge in [0.15, 0.2) is 0 Å². The van der Waals surface area contributed by atoms with Gasteiger partial charge in [-0.05, 0) is 36.6 Å². The molecule has 5 nitrogen and oxygen atoms in total. The normalized spacial score (nSPS) is 12.1. The summed E-state index contributed by atoms with van der Waals surface area (Å²) in [6.07, 6.45) is 6.19. The number of carbonyl (C=O) groups is 1. The van der Waals surface area contributed by atoms with Crippen LogP contribution in [0.1, 0.15) is 6.42 Å². The van der Waals surface area contributed by atoms with Crippen LogP contribution in [0.25, 0.3) is 5.69 Å². The molecule has 0 bridgehead atoms. The minimum atomic E-state index is -0.492. The molecule has 0 fully saturated rings. The van der Waals surface area contributed by atoms with Crippen molar-refractivity contribution in [1.82, 2.24) is 9.78 Å². The first kappa shape index (κ1) is 14.6. The van der Waals surface area contributed by atoms with Crippen LogP contribution >= 0.6 is 11.8 Å². The highest BCUT2D eigenvalue weighted by molar-refractivity contribution is 7.98. The average Bonchev–Trinajstić information content (AvgIpc) is 2.99. The highest BCUT2D eigenvalue weighted by atomic mass is 32.2. The second kappa shape index (κ2) is 7.12. The molecule has 1 aromatic carbocycles. The Hall–Kier alpha value is -1.79. The predicted octanol–water partition coefficient (Wildman–Crippen LogP) is 1.89. The number of aromatic nitrogens is 2. The largest absolute Gasteiger partial charge is 0.323 e. The van der Waals surface area contributed by atoms with Crippen molar-refractivity contribution in [2.45, 2.75) is 12.5 Å². The third-order valence-electron chi connectivity index (χ3n) is 2.88. The standard InChI is InChI=1S/C14H18N4OS/c1-20-10-7-11(15)14(19)17-12-5-2-3-6-13(12)18-9-4-8-16-18/h2-6,8-9,11H,7,10,15H2,1H3,(H,17,19)/t11-/m0/s1. The Morgan fingerprint density at radius 3 is 2.95 bits per heavy atom. The first-order chi connectivity index (χ1) is 9.72. The molecular formula is C14H18N4OS. The summed E-state index contributed by atoms with van der Waals surface area (Å²) in [6.45, 7) is 0. The van der Waals surface area contributed by atoms with Crippen molar-refractivity contribution < 1.29 is 4.79 Å². The van der Waals surface area contributed by atoms with Crippen LogP contribution in [-0.4, -0.2) is 33.7 Å². The van der Waals surface area contributed by atoms with E-state index in [1.165, 1.54) is 0 Å². The second-order valence-corrected chi connectivity index (χ2v) is 5.33. The first-order valence-electron chi connectivity index (χ1n) is 6.37. The zero-order valence-electron chi connectivity index (χ0n) is 11.3. The van der Waals surface area contributed by atoms with Gasteiger partial charge in [0.2, 0.25) is 5.91 Å². The fourth-order valence-corrected chi connectivity index (χ4v) is 2.28. The smallest absolute Gasteiger partial charge is 0.241 e. The Kier molecular flexibility index (Phi) is 5.20. The van der Waals surface area contributed by atoms with Crippen LogP contribution < -0.4 is 11.1 Å². The number of benzene rings is 1. The van der Waals surface area contributed by atoms with Crippen molar-refractivity contribution in [2.24, 2.45) is 5.73 Å². The minimum absolute atomic E-state index is 0.168. The van der Waals surface area contributed by atoms with Gasteiger partial charge < -0.3 is 11.1 Å². The number of rotatable bonds is 6. The highest BCUT2D eigenvalue weighted by Crippen LogP contribution is 2.19. The maximum Gasteiger partial charge on any atom is 0.241 e. The monoisotopic (exact) mass is 290 g/mol. The lowest BCUT2D eigenvalue weighted by molar-refractivity contribution is -0.117. The van der Waals surface area contributed by atoms with Gasteiger partial charge in [0.1, 0.15) is 0 Å². The Morgan fingerprint density at radius 1 is 1.45 bits per heavy atom. The molecule has 1 heterocycles. The fraction of sp³-hybridized carbons (Fsp3) is 0.286. The minimum Gasteiger partial charge on any atom is -0.323 e. The number of carbonyl (C=O) groups excluding carboxylic acids is 1. The molecule has 3 N–H and O–H groups in total. The molecule has 20 heavy (non-hydrogen) atoms. The van der Waals surface area contributed by atoms with Crippen molar-refractivity contribution in [3.8, 4) is 5.69 Å². The fourth-order valence-electron chi connectivity index (χ4n) is 1.79. The van der Waals surface area contributed by atoms with Crippen molar-refractivity contribution in [3.63, 3.8) is 0 Å². The van der Waals surface area contributed by atoms with E-state index in [2.05, 4.69) is 10.4 Å². The van der Waals surface area contributed by atoms with Crippen LogP contribution in [0.3, 0.4) is 0 Å². The summed E-state index contributed by atoms with van der Waals surface area (Å²) in [6, 6.07) is 8.86. The molecule has 2 rings (SSSR count). The number of amides is 1. The maximum absolute atomic E-state index is 12.1. The molecular weight excluding hydrogens is 272 g/mol. The summed E-state index contributed by atoms with van der Waals surface area (Å²) >= 11 is 1.68. The quantitative estimate of drug-likeness (QED) is 0.852. The Morgan fingerprint density at radius 2 is 2.25 bits per heavy atom. The molecule has 0 unspecified atom stereocenters. The number of nitrogens with one attached hydrogen (secondary N) is 1. The van der Waals surface area contributed by atoms with Gasteiger partial charge in [-0.3, -0.25) is 4.79 Å². The molecule has 106 valence electrons. The van der Waals surface area contributed by atoms with Crippen LogP contribution in [0.5, 0.6) is 0 Å². The summed E-state index contributed by atoms with van der Waals surface area (Å²) < 4.78 is 1.71. The average molecular weight is 290 g/mol. The zero-order chi connectivity index (χ0) is 14.4. The Labute approximate surface area is 122 Å². The van der Waals surface area contributed by atoms with E-state index >= 15 is 0 Å². The van der Waals surface area contributed by atoms with Crippen LogP contribution in [-0.2, 0) is 4.79 Å². The number of nitrogens with zero attached hydrogens (tertiary/aromatic N) is 2. The van der Waals surface area contributed by atoms with Crippen molar-refractivity contribution in [2.75, 3.05) is 17.3 Å². The van der Waals surface area contributed by atoms with Crippen LogP contribution in [0, 0.1) is 0 Å². The third kappa shape index (κ3) is 3.61. The molecule has 1 aromatic heterocycles. The van der Waals surface area contributed by atoms with Crippen LogP contribution in [0.4, 0.5) is 5.69 Å². The number of nitrogens with two attached hydrogens (primary N) is 1. The van der Waals surface area contributed by atoms with Gasteiger partial charge in [0.05, 0.1) is 17.4 Å². The van der Waals surface area contributed by atoms with Crippen molar-refractivity contribution in [3.05, 3.63) is 42.7 Å². The molecule has 0 radical (unpaired) electrons. The lowest BCUT2D eigenvalue weighted by atomic mass is 10.2. The van der Waals surface area contributed by atoms with E-state index in [0.29, 0.717) is 12.1 Å². The van der Waals surface area contributed by atoms with E-state index in [0.717, 1.165) is 11.4 Å². The van der Waals surface area contributed by atoms with Gasteiger partial charge >= 0.3 is 0 Å². The Bertz CT molecular complexity index is 556. The number of thioether (sulfide) groups is 1. The SMILES string of the molecule is CSCC[C@H](N)C(=O)Nc1ccccc1-n1cccn1. The summed E-state index contributed by atoms with van der Waals surface area (Å²) in [5, 5.41) is 7.05. The molecule has 0 aliphatic rings. The van der Waals surface area contributed by atoms with E-state index in [9.17, 15) is 4.79 Å². The number of anilines is 1. The van der Waals surface area contributed by atoms with E-state index < -0.39 is 6.04 Å². The summed E-state index contributed by atoms with van der Waals surface area (Å²) in [7, 11) is 0. The Balaban J connectivity index is 2.12. The van der Waals surface area contributed by atoms with Gasteiger partial charge in [-0.1, -0.05) is 12.1 Å². The van der Waals surface area contributed by atoms with Crippen molar-refractivity contribution in [1.29, 1.82) is 0 Å². The molecule has 2 aromatic rings. The molecule has 0 aliphatic carbocycles. The molecule has 1 atom stereocenters. The second-order valence-electron chi connectivity index (χ2n) is 4.34. The zero-order valence-corrected chi connectivity index (χ0v) is 12.1. The van der Waals surface area contributed by atoms with E-state index in [1.807, 2.05) is 42.8 Å². The molecule has 0 saturated heterocycles. The van der Waals surface area contributed by atoms with Gasteiger partial charge in [-0.15, -0.1) is 0 Å². The molecule has 0 spiro atoms. The van der Waals surface area contributed by atoms with E-state index in [1.54, 1.807) is 22.6 Å². The summed E-state index contributed by atoms with van der Waals surface area (Å²) in [4.78, 5) is 12.1. The summed E-state index contributed by atoms with van der Waals surface area (Å²) in [5.74, 6) is 0.703. The highest BCUT2D eigenvalue weighted by Gasteiger charge is 2.15. The lowest BCUT2D eigenvalue weighted by Crippen LogP contribution is -2.36. The number of hydrogen-bond donors (Lipinski definition) is 2. The third-order valence-corrected chi connectivity index (χ3v) is 3.53. The van der Waals surface area contributed by atoms with Gasteiger partial charge in [0, 0.05) is 12.4 Å².